The van der Waals surface area contributed by atoms with Crippen molar-refractivity contribution >= 4 is 5.69 Å². The molecule has 0 aromatic heterocycles. The summed E-state index contributed by atoms with van der Waals surface area (Å²) in [5.74, 6) is 4.05. The van der Waals surface area contributed by atoms with Crippen molar-refractivity contribution in [3.8, 4) is 18.0 Å². The lowest BCUT2D eigenvalue weighted by atomic mass is 9.98. The van der Waals surface area contributed by atoms with Crippen molar-refractivity contribution < 1.29 is 4.74 Å². The van der Waals surface area contributed by atoms with E-state index in [0.29, 0.717) is 18.8 Å². The number of benzene rings is 1. The van der Waals surface area contributed by atoms with Crippen LogP contribution in [-0.2, 0) is 4.74 Å². The number of nitrogens with zero attached hydrogens (tertiary/aromatic N) is 2. The number of nitrogens with one attached hydrogen (secondary N) is 2. The van der Waals surface area contributed by atoms with E-state index in [1.807, 2.05) is 38.1 Å². The minimum atomic E-state index is 0.643. The molecule has 5 heteroatoms. The minimum absolute atomic E-state index is 0.643. The van der Waals surface area contributed by atoms with Gasteiger partial charge in [-0.2, -0.15) is 5.26 Å². The first-order valence-corrected chi connectivity index (χ1v) is 9.70. The first-order valence-electron chi connectivity index (χ1n) is 9.70. The fourth-order valence-corrected chi connectivity index (χ4v) is 3.40. The summed E-state index contributed by atoms with van der Waals surface area (Å²) in [7, 11) is 0. The summed E-state index contributed by atoms with van der Waals surface area (Å²) in [6.07, 6.45) is 4.07. The van der Waals surface area contributed by atoms with E-state index < -0.39 is 0 Å². The molecule has 0 spiro atoms. The number of aryl methyl sites for hydroxylation is 1. The number of rotatable bonds is 5. The molecule has 0 saturated carbocycles. The largest absolute Gasteiger partial charge is 0.378 e. The molecule has 29 heavy (non-hydrogen) atoms. The zero-order valence-corrected chi connectivity index (χ0v) is 17.2. The van der Waals surface area contributed by atoms with E-state index in [1.165, 1.54) is 0 Å². The molecule has 1 aromatic carbocycles. The number of nitriles is 1. The van der Waals surface area contributed by atoms with Crippen LogP contribution in [0.3, 0.4) is 0 Å². The van der Waals surface area contributed by atoms with Crippen LogP contribution in [0.15, 0.2) is 65.2 Å². The maximum Gasteiger partial charge on any atom is 0.123 e. The van der Waals surface area contributed by atoms with Crippen molar-refractivity contribution in [1.82, 2.24) is 10.2 Å². The quantitative estimate of drug-likeness (QED) is 0.754. The average Bonchev–Trinajstić information content (AvgIpc) is 2.89. The SMILES string of the molecule is C=C(C1=C(C)C(/C=C\C)=C(Nc2ccc(C#N)cc2C)NC#C1)N1CCOCC1. The van der Waals surface area contributed by atoms with Gasteiger partial charge in [-0.3, -0.25) is 0 Å². The van der Waals surface area contributed by atoms with Crippen molar-refractivity contribution in [1.29, 1.82) is 5.26 Å². The van der Waals surface area contributed by atoms with Crippen molar-refractivity contribution in [2.45, 2.75) is 20.8 Å². The number of anilines is 1. The van der Waals surface area contributed by atoms with Crippen LogP contribution in [0, 0.1) is 30.2 Å². The summed E-state index contributed by atoms with van der Waals surface area (Å²) in [4.78, 5) is 2.23. The molecule has 0 bridgehead atoms. The Hall–Kier alpha value is -3.41. The Morgan fingerprint density at radius 1 is 1.34 bits per heavy atom. The lowest BCUT2D eigenvalue weighted by molar-refractivity contribution is 0.0552. The first-order chi connectivity index (χ1) is 14.0. The van der Waals surface area contributed by atoms with Crippen molar-refractivity contribution in [2.24, 2.45) is 0 Å². The molecule has 2 aliphatic rings. The van der Waals surface area contributed by atoms with Gasteiger partial charge in [0.1, 0.15) is 5.82 Å². The zero-order valence-electron chi connectivity index (χ0n) is 17.2. The molecule has 2 heterocycles. The van der Waals surface area contributed by atoms with Gasteiger partial charge in [0.25, 0.3) is 0 Å². The summed E-state index contributed by atoms with van der Waals surface area (Å²) in [5, 5.41) is 15.8. The highest BCUT2D eigenvalue weighted by atomic mass is 16.5. The molecule has 2 aliphatic heterocycles. The van der Waals surface area contributed by atoms with Gasteiger partial charge in [0.15, 0.2) is 0 Å². The smallest absolute Gasteiger partial charge is 0.123 e. The number of allylic oxidation sites excluding steroid dienone is 5. The third-order valence-corrected chi connectivity index (χ3v) is 5.05. The Morgan fingerprint density at radius 3 is 2.76 bits per heavy atom. The molecule has 0 unspecified atom stereocenters. The topological polar surface area (TPSA) is 60.3 Å². The number of morpholine rings is 1. The van der Waals surface area contributed by atoms with E-state index in [1.54, 1.807) is 0 Å². The fraction of sp³-hybridized carbons (Fsp3) is 0.292. The van der Waals surface area contributed by atoms with Gasteiger partial charge in [-0.15, -0.1) is 0 Å². The van der Waals surface area contributed by atoms with E-state index in [2.05, 4.69) is 53.1 Å². The standard InChI is InChI=1S/C24H26N4O/c1-5-6-22-18(3)21(19(4)28-11-13-29-14-12-28)9-10-26-24(22)27-23-8-7-20(16-25)15-17(23)2/h5-8,15,26-27H,4,11-14H2,1-3H3/b6-5-. The molecule has 1 fully saturated rings. The maximum absolute atomic E-state index is 9.10. The predicted octanol–water partition coefficient (Wildman–Crippen LogP) is 3.79. The molecule has 3 rings (SSSR count). The van der Waals surface area contributed by atoms with Crippen LogP contribution in [-0.4, -0.2) is 31.2 Å². The lowest BCUT2D eigenvalue weighted by Gasteiger charge is -2.31. The molecular formula is C24H26N4O. The van der Waals surface area contributed by atoms with E-state index in [-0.39, 0.29) is 0 Å². The predicted molar refractivity (Wildman–Crippen MR) is 117 cm³/mol. The fourth-order valence-electron chi connectivity index (χ4n) is 3.40. The monoisotopic (exact) mass is 386 g/mol. The lowest BCUT2D eigenvalue weighted by Crippen LogP contribution is -2.35. The Kier molecular flexibility index (Phi) is 6.44. The maximum atomic E-state index is 9.10. The molecule has 5 nitrogen and oxygen atoms in total. The second-order valence-corrected chi connectivity index (χ2v) is 6.98. The summed E-state index contributed by atoms with van der Waals surface area (Å²) in [5.41, 5.74) is 6.50. The second-order valence-electron chi connectivity index (χ2n) is 6.98. The van der Waals surface area contributed by atoms with E-state index >= 15 is 0 Å². The van der Waals surface area contributed by atoms with Gasteiger partial charge < -0.3 is 20.3 Å². The Morgan fingerprint density at radius 2 is 2.10 bits per heavy atom. The average molecular weight is 386 g/mol. The van der Waals surface area contributed by atoms with Gasteiger partial charge in [-0.05, 0) is 56.0 Å². The molecule has 0 aliphatic carbocycles. The summed E-state index contributed by atoms with van der Waals surface area (Å²) in [6, 6.07) is 10.8. The molecule has 1 saturated heterocycles. The second kappa shape index (κ2) is 9.19. The Labute approximate surface area is 173 Å². The van der Waals surface area contributed by atoms with Crippen LogP contribution in [0.4, 0.5) is 5.69 Å². The normalized spacial score (nSPS) is 16.7. The summed E-state index contributed by atoms with van der Waals surface area (Å²) < 4.78 is 5.46. The number of hydrogen-bond donors (Lipinski definition) is 2. The molecule has 148 valence electrons. The Bertz CT molecular complexity index is 1010. The minimum Gasteiger partial charge on any atom is -0.378 e. The number of ether oxygens (including phenoxy) is 1. The third-order valence-electron chi connectivity index (χ3n) is 5.05. The highest BCUT2D eigenvalue weighted by Gasteiger charge is 2.20. The van der Waals surface area contributed by atoms with Crippen LogP contribution < -0.4 is 10.6 Å². The van der Waals surface area contributed by atoms with Crippen LogP contribution >= 0.6 is 0 Å². The summed E-state index contributed by atoms with van der Waals surface area (Å²) in [6.45, 7) is 13.4. The molecule has 2 N–H and O–H groups in total. The molecule has 0 radical (unpaired) electrons. The van der Waals surface area contributed by atoms with Crippen LogP contribution in [0.5, 0.6) is 0 Å². The molecule has 0 amide bonds. The third kappa shape index (κ3) is 4.54. The first kappa shape index (κ1) is 20.3. The van der Waals surface area contributed by atoms with Gasteiger partial charge in [-0.1, -0.05) is 18.7 Å². The van der Waals surface area contributed by atoms with Gasteiger partial charge in [-0.25, -0.2) is 0 Å². The van der Waals surface area contributed by atoms with E-state index in [0.717, 1.165) is 52.6 Å². The Balaban J connectivity index is 1.99. The van der Waals surface area contributed by atoms with Gasteiger partial charge in [0.05, 0.1) is 30.4 Å². The van der Waals surface area contributed by atoms with Crippen LogP contribution in [0.2, 0.25) is 0 Å². The van der Waals surface area contributed by atoms with Gasteiger partial charge in [0, 0.05) is 36.1 Å². The van der Waals surface area contributed by atoms with Gasteiger partial charge in [0.2, 0.25) is 0 Å². The molecule has 1 aromatic rings. The van der Waals surface area contributed by atoms with E-state index in [9.17, 15) is 0 Å². The zero-order chi connectivity index (χ0) is 20.8. The van der Waals surface area contributed by atoms with Gasteiger partial charge >= 0.3 is 0 Å². The van der Waals surface area contributed by atoms with Crippen molar-refractivity contribution in [2.75, 3.05) is 31.6 Å². The summed E-state index contributed by atoms with van der Waals surface area (Å²) >= 11 is 0. The van der Waals surface area contributed by atoms with Crippen molar-refractivity contribution in [3.05, 3.63) is 76.3 Å². The van der Waals surface area contributed by atoms with E-state index in [4.69, 9.17) is 10.00 Å². The molecular weight excluding hydrogens is 360 g/mol. The highest BCUT2D eigenvalue weighted by molar-refractivity contribution is 5.63. The van der Waals surface area contributed by atoms with Crippen LogP contribution in [0.1, 0.15) is 25.0 Å². The molecule has 0 atom stereocenters. The number of hydrogen-bond acceptors (Lipinski definition) is 5. The van der Waals surface area contributed by atoms with Crippen LogP contribution in [0.25, 0.3) is 0 Å². The van der Waals surface area contributed by atoms with Crippen molar-refractivity contribution in [3.63, 3.8) is 0 Å². The highest BCUT2D eigenvalue weighted by Crippen LogP contribution is 2.28.